The maximum absolute atomic E-state index is 12.4. The summed E-state index contributed by atoms with van der Waals surface area (Å²) in [7, 11) is 0. The van der Waals surface area contributed by atoms with Gasteiger partial charge in [0.05, 0.1) is 5.56 Å². The van der Waals surface area contributed by atoms with Gasteiger partial charge < -0.3 is 9.88 Å². The minimum absolute atomic E-state index is 0.00607. The maximum Gasteiger partial charge on any atom is 0.260 e. The Labute approximate surface area is 122 Å². The van der Waals surface area contributed by atoms with Gasteiger partial charge in [0.15, 0.2) is 5.01 Å². The van der Waals surface area contributed by atoms with Gasteiger partial charge >= 0.3 is 0 Å². The molecule has 2 aromatic heterocycles. The van der Waals surface area contributed by atoms with Crippen LogP contribution in [0, 0.1) is 5.92 Å². The van der Waals surface area contributed by atoms with Gasteiger partial charge in [-0.1, -0.05) is 25.2 Å². The van der Waals surface area contributed by atoms with E-state index < -0.39 is 0 Å². The molecule has 0 spiro atoms. The molecule has 2 aromatic rings. The van der Waals surface area contributed by atoms with Crippen molar-refractivity contribution in [2.75, 3.05) is 5.32 Å². The Balaban J connectivity index is 2.33. The topological polar surface area (TPSA) is 59.8 Å². The van der Waals surface area contributed by atoms with Crippen molar-refractivity contribution in [2.24, 2.45) is 5.92 Å². The fourth-order valence-corrected chi connectivity index (χ4v) is 2.78. The van der Waals surface area contributed by atoms with Crippen molar-refractivity contribution in [2.45, 2.75) is 40.3 Å². The van der Waals surface area contributed by atoms with Crippen LogP contribution >= 0.6 is 11.3 Å². The first-order valence-corrected chi connectivity index (χ1v) is 7.59. The summed E-state index contributed by atoms with van der Waals surface area (Å²) < 4.78 is 1.73. The molecular formula is C14H20N4OS. The SMILES string of the molecule is CC(C)Cn1cccc(-c2nnc(NC(C)C)s2)c1=O. The van der Waals surface area contributed by atoms with Crippen molar-refractivity contribution in [3.8, 4) is 10.6 Å². The first kappa shape index (κ1) is 14.7. The van der Waals surface area contributed by atoms with Gasteiger partial charge in [-0.25, -0.2) is 0 Å². The van der Waals surface area contributed by atoms with Gasteiger partial charge in [0.1, 0.15) is 0 Å². The Bertz CT molecular complexity index is 630. The van der Waals surface area contributed by atoms with Crippen LogP contribution in [0.3, 0.4) is 0 Å². The van der Waals surface area contributed by atoms with Crippen molar-refractivity contribution in [3.05, 3.63) is 28.7 Å². The Morgan fingerprint density at radius 2 is 2.05 bits per heavy atom. The van der Waals surface area contributed by atoms with Gasteiger partial charge in [0.2, 0.25) is 5.13 Å². The first-order valence-electron chi connectivity index (χ1n) is 6.77. The molecule has 0 saturated carbocycles. The maximum atomic E-state index is 12.4. The molecule has 2 rings (SSSR count). The van der Waals surface area contributed by atoms with Crippen molar-refractivity contribution < 1.29 is 0 Å². The normalized spacial score (nSPS) is 11.3. The molecule has 0 aliphatic heterocycles. The molecular weight excluding hydrogens is 272 g/mol. The van der Waals surface area contributed by atoms with E-state index in [9.17, 15) is 4.79 Å². The molecule has 20 heavy (non-hydrogen) atoms. The van der Waals surface area contributed by atoms with Crippen LogP contribution in [-0.2, 0) is 6.54 Å². The number of hydrogen-bond donors (Lipinski definition) is 1. The number of aromatic nitrogens is 3. The molecule has 5 nitrogen and oxygen atoms in total. The third kappa shape index (κ3) is 3.45. The third-order valence-corrected chi connectivity index (χ3v) is 3.54. The lowest BCUT2D eigenvalue weighted by Crippen LogP contribution is -2.22. The van der Waals surface area contributed by atoms with E-state index in [-0.39, 0.29) is 5.56 Å². The molecule has 0 aliphatic carbocycles. The molecule has 0 aliphatic rings. The average molecular weight is 292 g/mol. The summed E-state index contributed by atoms with van der Waals surface area (Å²) in [5, 5.41) is 12.8. The Hall–Kier alpha value is -1.69. The van der Waals surface area contributed by atoms with Crippen molar-refractivity contribution >= 4 is 16.5 Å². The lowest BCUT2D eigenvalue weighted by molar-refractivity contribution is 0.511. The highest BCUT2D eigenvalue weighted by Gasteiger charge is 2.12. The second-order valence-corrected chi connectivity index (χ2v) is 6.46. The number of pyridine rings is 1. The summed E-state index contributed by atoms with van der Waals surface area (Å²) in [6, 6.07) is 3.98. The average Bonchev–Trinajstić information content (AvgIpc) is 2.78. The molecule has 2 heterocycles. The van der Waals surface area contributed by atoms with Crippen LogP contribution in [0.1, 0.15) is 27.7 Å². The van der Waals surface area contributed by atoms with E-state index in [1.54, 1.807) is 10.6 Å². The third-order valence-electron chi connectivity index (χ3n) is 2.65. The van der Waals surface area contributed by atoms with E-state index in [1.807, 2.05) is 26.1 Å². The predicted molar refractivity (Wildman–Crippen MR) is 83.2 cm³/mol. The minimum atomic E-state index is -0.00607. The number of anilines is 1. The fourth-order valence-electron chi connectivity index (χ4n) is 1.87. The first-order chi connectivity index (χ1) is 9.47. The summed E-state index contributed by atoms with van der Waals surface area (Å²) in [6.45, 7) is 8.98. The molecule has 1 N–H and O–H groups in total. The van der Waals surface area contributed by atoms with Gasteiger partial charge in [-0.15, -0.1) is 10.2 Å². The quantitative estimate of drug-likeness (QED) is 0.920. The number of hydrogen-bond acceptors (Lipinski definition) is 5. The van der Waals surface area contributed by atoms with Crippen LogP contribution in [0.5, 0.6) is 0 Å². The van der Waals surface area contributed by atoms with E-state index in [0.717, 1.165) is 5.13 Å². The largest absolute Gasteiger partial charge is 0.358 e. The highest BCUT2D eigenvalue weighted by molar-refractivity contribution is 7.18. The minimum Gasteiger partial charge on any atom is -0.358 e. The molecule has 0 amide bonds. The fraction of sp³-hybridized carbons (Fsp3) is 0.500. The van der Waals surface area contributed by atoms with Crippen LogP contribution in [0.15, 0.2) is 23.1 Å². The van der Waals surface area contributed by atoms with Crippen LogP contribution in [0.4, 0.5) is 5.13 Å². The molecule has 0 saturated heterocycles. The molecule has 0 fully saturated rings. The number of rotatable bonds is 5. The molecule has 0 atom stereocenters. The van der Waals surface area contributed by atoms with Gasteiger partial charge in [-0.3, -0.25) is 4.79 Å². The standard InChI is InChI=1S/C14H20N4OS/c1-9(2)8-18-7-5-6-11(13(18)19)12-16-17-14(20-12)15-10(3)4/h5-7,9-10H,8H2,1-4H3,(H,15,17). The van der Waals surface area contributed by atoms with Gasteiger partial charge in [0.25, 0.3) is 5.56 Å². The summed E-state index contributed by atoms with van der Waals surface area (Å²) in [5.41, 5.74) is 0.607. The van der Waals surface area contributed by atoms with Crippen molar-refractivity contribution in [1.29, 1.82) is 0 Å². The van der Waals surface area contributed by atoms with E-state index in [0.29, 0.717) is 29.1 Å². The zero-order valence-electron chi connectivity index (χ0n) is 12.3. The monoisotopic (exact) mass is 292 g/mol. The lowest BCUT2D eigenvalue weighted by Gasteiger charge is -2.09. The Morgan fingerprint density at radius 1 is 1.30 bits per heavy atom. The molecule has 108 valence electrons. The van der Waals surface area contributed by atoms with Gasteiger partial charge in [-0.2, -0.15) is 0 Å². The zero-order chi connectivity index (χ0) is 14.7. The van der Waals surface area contributed by atoms with E-state index in [2.05, 4.69) is 29.4 Å². The van der Waals surface area contributed by atoms with Crippen molar-refractivity contribution in [1.82, 2.24) is 14.8 Å². The van der Waals surface area contributed by atoms with Crippen LogP contribution in [0.25, 0.3) is 10.6 Å². The smallest absolute Gasteiger partial charge is 0.260 e. The number of nitrogens with zero attached hydrogens (tertiary/aromatic N) is 3. The predicted octanol–water partition coefficient (Wildman–Crippen LogP) is 2.84. The molecule has 0 radical (unpaired) electrons. The summed E-state index contributed by atoms with van der Waals surface area (Å²) in [4.78, 5) is 12.4. The Kier molecular flexibility index (Phi) is 4.54. The number of nitrogens with one attached hydrogen (secondary N) is 1. The second-order valence-electron chi connectivity index (χ2n) is 5.48. The summed E-state index contributed by atoms with van der Waals surface area (Å²) >= 11 is 1.41. The van der Waals surface area contributed by atoms with Crippen LogP contribution < -0.4 is 10.9 Å². The lowest BCUT2D eigenvalue weighted by atomic mass is 10.2. The van der Waals surface area contributed by atoms with Crippen LogP contribution in [-0.4, -0.2) is 20.8 Å². The Morgan fingerprint density at radius 3 is 2.70 bits per heavy atom. The molecule has 6 heteroatoms. The van der Waals surface area contributed by atoms with Gasteiger partial charge in [0, 0.05) is 18.8 Å². The van der Waals surface area contributed by atoms with Gasteiger partial charge in [-0.05, 0) is 31.9 Å². The molecule has 0 bridgehead atoms. The van der Waals surface area contributed by atoms with E-state index >= 15 is 0 Å². The van der Waals surface area contributed by atoms with Crippen molar-refractivity contribution in [3.63, 3.8) is 0 Å². The highest BCUT2D eigenvalue weighted by Crippen LogP contribution is 2.24. The summed E-state index contributed by atoms with van der Waals surface area (Å²) in [5.74, 6) is 0.426. The second kappa shape index (κ2) is 6.17. The molecule has 0 unspecified atom stereocenters. The molecule has 0 aromatic carbocycles. The highest BCUT2D eigenvalue weighted by atomic mass is 32.1. The van der Waals surface area contributed by atoms with E-state index in [1.165, 1.54) is 11.3 Å². The zero-order valence-corrected chi connectivity index (χ0v) is 13.1. The van der Waals surface area contributed by atoms with E-state index in [4.69, 9.17) is 0 Å². The summed E-state index contributed by atoms with van der Waals surface area (Å²) in [6.07, 6.45) is 1.82. The van der Waals surface area contributed by atoms with Crippen LogP contribution in [0.2, 0.25) is 0 Å².